The van der Waals surface area contributed by atoms with Gasteiger partial charge in [0.15, 0.2) is 0 Å². The first-order chi connectivity index (χ1) is 6.86. The topological polar surface area (TPSA) is 48.1 Å². The van der Waals surface area contributed by atoms with Crippen LogP contribution in [0.1, 0.15) is 19.0 Å². The molecule has 1 atom stereocenters. The molecule has 0 aliphatic heterocycles. The zero-order valence-electron chi connectivity index (χ0n) is 8.65. The molecule has 0 saturated carbocycles. The van der Waals surface area contributed by atoms with E-state index in [1.807, 2.05) is 18.2 Å². The highest BCUT2D eigenvalue weighted by molar-refractivity contribution is 5.03. The molecule has 1 rings (SSSR count). The highest BCUT2D eigenvalue weighted by atomic mass is 16.5. The Kier molecular flexibility index (Phi) is 5.19. The van der Waals surface area contributed by atoms with Crippen LogP contribution in [0.15, 0.2) is 24.4 Å². The molecule has 0 radical (unpaired) electrons. The summed E-state index contributed by atoms with van der Waals surface area (Å²) in [7, 11) is 0. The van der Waals surface area contributed by atoms with Crippen molar-refractivity contribution in [3.8, 4) is 0 Å². The van der Waals surface area contributed by atoms with E-state index in [4.69, 9.17) is 10.5 Å². The molecule has 0 saturated heterocycles. The Balaban J connectivity index is 2.21. The minimum absolute atomic E-state index is 0.193. The van der Waals surface area contributed by atoms with Gasteiger partial charge < -0.3 is 10.5 Å². The summed E-state index contributed by atoms with van der Waals surface area (Å²) < 4.78 is 5.58. The van der Waals surface area contributed by atoms with Crippen LogP contribution in [0.4, 0.5) is 0 Å². The number of hydrogen-bond donors (Lipinski definition) is 1. The van der Waals surface area contributed by atoms with Gasteiger partial charge in [-0.05, 0) is 18.6 Å². The van der Waals surface area contributed by atoms with Gasteiger partial charge in [-0.1, -0.05) is 13.0 Å². The second-order valence-electron chi connectivity index (χ2n) is 3.21. The van der Waals surface area contributed by atoms with E-state index < -0.39 is 0 Å². The van der Waals surface area contributed by atoms with E-state index >= 15 is 0 Å². The SMILES string of the molecule is CCC(CN)OCCc1ccccn1. The first-order valence-electron chi connectivity index (χ1n) is 5.08. The van der Waals surface area contributed by atoms with Crippen LogP contribution in [0.25, 0.3) is 0 Å². The van der Waals surface area contributed by atoms with Crippen molar-refractivity contribution < 1.29 is 4.74 Å². The van der Waals surface area contributed by atoms with Gasteiger partial charge in [0.05, 0.1) is 12.7 Å². The molecule has 0 aliphatic rings. The Morgan fingerprint density at radius 3 is 2.93 bits per heavy atom. The van der Waals surface area contributed by atoms with E-state index in [0.29, 0.717) is 13.2 Å². The van der Waals surface area contributed by atoms with Gasteiger partial charge >= 0.3 is 0 Å². The monoisotopic (exact) mass is 194 g/mol. The third kappa shape index (κ3) is 3.85. The van der Waals surface area contributed by atoms with Crippen molar-refractivity contribution in [1.82, 2.24) is 4.98 Å². The summed E-state index contributed by atoms with van der Waals surface area (Å²) in [5.74, 6) is 0. The van der Waals surface area contributed by atoms with Gasteiger partial charge in [-0.25, -0.2) is 0 Å². The fraction of sp³-hybridized carbons (Fsp3) is 0.545. The van der Waals surface area contributed by atoms with E-state index in [9.17, 15) is 0 Å². The Labute approximate surface area is 85.3 Å². The van der Waals surface area contributed by atoms with Gasteiger partial charge in [0.25, 0.3) is 0 Å². The maximum absolute atomic E-state index is 5.58. The molecular formula is C11H18N2O. The Morgan fingerprint density at radius 1 is 1.50 bits per heavy atom. The fourth-order valence-electron chi connectivity index (χ4n) is 1.23. The molecule has 78 valence electrons. The standard InChI is InChI=1S/C11H18N2O/c1-2-11(9-12)14-8-6-10-5-3-4-7-13-10/h3-5,7,11H,2,6,8-9,12H2,1H3. The van der Waals surface area contributed by atoms with E-state index in [2.05, 4.69) is 11.9 Å². The number of rotatable bonds is 6. The highest BCUT2D eigenvalue weighted by Crippen LogP contribution is 1.99. The van der Waals surface area contributed by atoms with Gasteiger partial charge in [-0.15, -0.1) is 0 Å². The van der Waals surface area contributed by atoms with Crippen molar-refractivity contribution in [2.75, 3.05) is 13.2 Å². The molecular weight excluding hydrogens is 176 g/mol. The Bertz CT molecular complexity index is 234. The number of ether oxygens (including phenoxy) is 1. The van der Waals surface area contributed by atoms with Crippen molar-refractivity contribution in [2.24, 2.45) is 5.73 Å². The largest absolute Gasteiger partial charge is 0.377 e. The number of nitrogens with two attached hydrogens (primary N) is 1. The second kappa shape index (κ2) is 6.51. The highest BCUT2D eigenvalue weighted by Gasteiger charge is 2.02. The number of nitrogens with zero attached hydrogens (tertiary/aromatic N) is 1. The fourth-order valence-corrected chi connectivity index (χ4v) is 1.23. The number of aromatic nitrogens is 1. The maximum Gasteiger partial charge on any atom is 0.0694 e. The molecule has 0 aromatic carbocycles. The molecule has 1 aromatic rings. The summed E-state index contributed by atoms with van der Waals surface area (Å²) in [6.07, 6.45) is 3.82. The molecule has 0 spiro atoms. The molecule has 0 aliphatic carbocycles. The smallest absolute Gasteiger partial charge is 0.0694 e. The molecule has 1 unspecified atom stereocenters. The van der Waals surface area contributed by atoms with E-state index in [0.717, 1.165) is 18.5 Å². The summed E-state index contributed by atoms with van der Waals surface area (Å²) in [6, 6.07) is 5.91. The summed E-state index contributed by atoms with van der Waals surface area (Å²) in [4.78, 5) is 4.22. The molecule has 0 amide bonds. The second-order valence-corrected chi connectivity index (χ2v) is 3.21. The minimum Gasteiger partial charge on any atom is -0.377 e. The van der Waals surface area contributed by atoms with Crippen LogP contribution in [0.5, 0.6) is 0 Å². The molecule has 3 nitrogen and oxygen atoms in total. The van der Waals surface area contributed by atoms with Crippen LogP contribution in [0.3, 0.4) is 0 Å². The molecule has 0 bridgehead atoms. The van der Waals surface area contributed by atoms with Crippen LogP contribution >= 0.6 is 0 Å². The lowest BCUT2D eigenvalue weighted by Gasteiger charge is -2.12. The van der Waals surface area contributed by atoms with Crippen molar-refractivity contribution in [3.05, 3.63) is 30.1 Å². The lowest BCUT2D eigenvalue weighted by molar-refractivity contribution is 0.0585. The van der Waals surface area contributed by atoms with Crippen LogP contribution in [0, 0.1) is 0 Å². The maximum atomic E-state index is 5.58. The lowest BCUT2D eigenvalue weighted by atomic mass is 10.2. The third-order valence-electron chi connectivity index (χ3n) is 2.16. The van der Waals surface area contributed by atoms with Gasteiger partial charge in [0.2, 0.25) is 0 Å². The molecule has 14 heavy (non-hydrogen) atoms. The molecule has 0 fully saturated rings. The average Bonchev–Trinajstić information content (AvgIpc) is 2.26. The normalized spacial score (nSPS) is 12.7. The molecule has 2 N–H and O–H groups in total. The lowest BCUT2D eigenvalue weighted by Crippen LogP contribution is -2.23. The van der Waals surface area contributed by atoms with E-state index in [-0.39, 0.29) is 6.10 Å². The van der Waals surface area contributed by atoms with Crippen molar-refractivity contribution in [2.45, 2.75) is 25.9 Å². The van der Waals surface area contributed by atoms with Crippen molar-refractivity contribution in [3.63, 3.8) is 0 Å². The number of pyridine rings is 1. The van der Waals surface area contributed by atoms with E-state index in [1.54, 1.807) is 6.20 Å². The zero-order valence-corrected chi connectivity index (χ0v) is 8.65. The van der Waals surface area contributed by atoms with Crippen LogP contribution in [0.2, 0.25) is 0 Å². The van der Waals surface area contributed by atoms with E-state index in [1.165, 1.54) is 0 Å². The van der Waals surface area contributed by atoms with Gasteiger partial charge in [0, 0.05) is 24.9 Å². The van der Waals surface area contributed by atoms with Crippen LogP contribution in [-0.4, -0.2) is 24.2 Å². The van der Waals surface area contributed by atoms with Gasteiger partial charge in [-0.3, -0.25) is 4.98 Å². The molecule has 1 heterocycles. The Morgan fingerprint density at radius 2 is 2.36 bits per heavy atom. The Hall–Kier alpha value is -0.930. The van der Waals surface area contributed by atoms with Crippen molar-refractivity contribution in [1.29, 1.82) is 0 Å². The minimum atomic E-state index is 0.193. The molecule has 3 heteroatoms. The summed E-state index contributed by atoms with van der Waals surface area (Å²) in [6.45, 7) is 3.38. The third-order valence-corrected chi connectivity index (χ3v) is 2.16. The van der Waals surface area contributed by atoms with Gasteiger partial charge in [0.1, 0.15) is 0 Å². The number of hydrogen-bond acceptors (Lipinski definition) is 3. The summed E-state index contributed by atoms with van der Waals surface area (Å²) in [5.41, 5.74) is 6.59. The first-order valence-corrected chi connectivity index (χ1v) is 5.08. The molecule has 1 aromatic heterocycles. The van der Waals surface area contributed by atoms with Gasteiger partial charge in [-0.2, -0.15) is 0 Å². The van der Waals surface area contributed by atoms with Crippen LogP contribution in [-0.2, 0) is 11.2 Å². The van der Waals surface area contributed by atoms with Crippen molar-refractivity contribution >= 4 is 0 Å². The zero-order chi connectivity index (χ0) is 10.2. The predicted molar refractivity (Wildman–Crippen MR) is 57.0 cm³/mol. The first kappa shape index (κ1) is 11.1. The average molecular weight is 194 g/mol. The summed E-state index contributed by atoms with van der Waals surface area (Å²) in [5, 5.41) is 0. The summed E-state index contributed by atoms with van der Waals surface area (Å²) >= 11 is 0. The predicted octanol–water partition coefficient (Wildman–Crippen LogP) is 1.38. The quantitative estimate of drug-likeness (QED) is 0.744. The van der Waals surface area contributed by atoms with Crippen LogP contribution < -0.4 is 5.73 Å².